The van der Waals surface area contributed by atoms with Crippen molar-refractivity contribution >= 4 is 32.6 Å². The van der Waals surface area contributed by atoms with Crippen LogP contribution in [0.4, 0.5) is 5.13 Å². The number of benzene rings is 2. The number of carbonyl (C=O) groups is 1. The van der Waals surface area contributed by atoms with Crippen molar-refractivity contribution in [3.8, 4) is 22.8 Å². The van der Waals surface area contributed by atoms with Gasteiger partial charge in [-0.25, -0.2) is 4.98 Å². The Bertz CT molecular complexity index is 1420. The van der Waals surface area contributed by atoms with Gasteiger partial charge in [-0.2, -0.15) is 0 Å². The molecule has 2 atom stereocenters. The number of thiazole rings is 1. The Balaban J connectivity index is 1.14. The first-order chi connectivity index (χ1) is 18.6. The minimum Gasteiger partial charge on any atom is -0.457 e. The molecule has 1 saturated carbocycles. The molecule has 38 heavy (non-hydrogen) atoms. The lowest BCUT2D eigenvalue weighted by Crippen LogP contribution is -2.40. The zero-order valence-corrected chi connectivity index (χ0v) is 21.8. The summed E-state index contributed by atoms with van der Waals surface area (Å²) < 4.78 is 12.5. The predicted octanol–water partition coefficient (Wildman–Crippen LogP) is 5.34. The zero-order valence-electron chi connectivity index (χ0n) is 21.0. The van der Waals surface area contributed by atoms with Crippen molar-refractivity contribution < 1.29 is 19.4 Å². The Kier molecular flexibility index (Phi) is 7.22. The summed E-state index contributed by atoms with van der Waals surface area (Å²) in [5.74, 6) is 1.42. The summed E-state index contributed by atoms with van der Waals surface area (Å²) >= 11 is 1.57. The highest BCUT2D eigenvalue weighted by Crippen LogP contribution is 2.33. The fourth-order valence-corrected chi connectivity index (χ4v) is 5.93. The summed E-state index contributed by atoms with van der Waals surface area (Å²) in [4.78, 5) is 23.7. The highest BCUT2D eigenvalue weighted by molar-refractivity contribution is 7.22. The molecule has 0 spiro atoms. The molecule has 196 valence electrons. The molecule has 0 radical (unpaired) electrons. The van der Waals surface area contributed by atoms with Crippen LogP contribution in [-0.4, -0.2) is 64.3 Å². The Hall–Kier alpha value is -3.53. The van der Waals surface area contributed by atoms with E-state index in [9.17, 15) is 9.90 Å². The van der Waals surface area contributed by atoms with E-state index in [0.29, 0.717) is 43.4 Å². The molecule has 0 unspecified atom stereocenters. The van der Waals surface area contributed by atoms with Crippen molar-refractivity contribution in [2.75, 3.05) is 31.6 Å². The molecule has 8 nitrogen and oxygen atoms in total. The molecule has 2 aliphatic rings. The second-order valence-electron chi connectivity index (χ2n) is 9.71. The number of carbonyl (C=O) groups excluding carboxylic acids is 1. The maximum atomic E-state index is 12.7. The number of aliphatic hydroxyl groups excluding tert-OH is 1. The molecule has 1 aliphatic heterocycles. The Labute approximate surface area is 225 Å². The average Bonchev–Trinajstić information content (AvgIpc) is 3.36. The summed E-state index contributed by atoms with van der Waals surface area (Å²) in [5, 5.41) is 14.5. The second kappa shape index (κ2) is 11.1. The first kappa shape index (κ1) is 24.8. The summed E-state index contributed by atoms with van der Waals surface area (Å²) in [6.07, 6.45) is 5.41. The molecule has 2 aromatic heterocycles. The molecule has 0 bridgehead atoms. The third-order valence-electron chi connectivity index (χ3n) is 7.09. The van der Waals surface area contributed by atoms with Crippen LogP contribution in [0.3, 0.4) is 0 Å². The smallest absolute Gasteiger partial charge is 0.254 e. The van der Waals surface area contributed by atoms with Crippen LogP contribution in [0.2, 0.25) is 0 Å². The highest BCUT2D eigenvalue weighted by Gasteiger charge is 2.24. The maximum Gasteiger partial charge on any atom is 0.254 e. The van der Waals surface area contributed by atoms with E-state index in [1.165, 1.54) is 0 Å². The van der Waals surface area contributed by atoms with E-state index in [0.717, 1.165) is 52.3 Å². The van der Waals surface area contributed by atoms with Gasteiger partial charge >= 0.3 is 0 Å². The van der Waals surface area contributed by atoms with Crippen LogP contribution in [0.15, 0.2) is 60.8 Å². The summed E-state index contributed by atoms with van der Waals surface area (Å²) in [7, 11) is 0. The number of anilines is 1. The van der Waals surface area contributed by atoms with Crippen molar-refractivity contribution in [3.63, 3.8) is 0 Å². The normalized spacial score (nSPS) is 19.9. The number of morpholine rings is 1. The SMILES string of the molecule is O=C(c1ccc(-c2cc(Oc3ccc4nc(N[C@@H]5CCCC[C@H]5O)sc4c3)ccn2)cc1)N1CCOCC1. The molecule has 6 rings (SSSR count). The Morgan fingerprint density at radius 3 is 2.63 bits per heavy atom. The summed E-state index contributed by atoms with van der Waals surface area (Å²) in [5.41, 5.74) is 3.24. The number of pyridine rings is 1. The number of fused-ring (bicyclic) bond motifs is 1. The van der Waals surface area contributed by atoms with Crippen LogP contribution in [0, 0.1) is 0 Å². The van der Waals surface area contributed by atoms with Gasteiger partial charge in [0.15, 0.2) is 5.13 Å². The minimum absolute atomic E-state index is 0.0247. The standard InChI is InChI=1S/C29H30N4O4S/c34-26-4-2-1-3-23(26)31-29-32-24-10-9-21(18-27(24)38-29)37-22-11-12-30-25(17-22)19-5-7-20(8-6-19)28(35)33-13-15-36-16-14-33/h5-12,17-18,23,26,34H,1-4,13-16H2,(H,31,32)/t23-,26-/m1/s1. The first-order valence-corrected chi connectivity index (χ1v) is 13.9. The number of aliphatic hydroxyl groups is 1. The molecule has 9 heteroatoms. The van der Waals surface area contributed by atoms with Crippen LogP contribution in [0.1, 0.15) is 36.0 Å². The van der Waals surface area contributed by atoms with Crippen LogP contribution < -0.4 is 10.1 Å². The lowest BCUT2D eigenvalue weighted by Gasteiger charge is -2.27. The number of hydrogen-bond donors (Lipinski definition) is 2. The van der Waals surface area contributed by atoms with Gasteiger partial charge in [0.05, 0.1) is 41.3 Å². The molecule has 2 fully saturated rings. The maximum absolute atomic E-state index is 12.7. The van der Waals surface area contributed by atoms with Crippen LogP contribution in [-0.2, 0) is 4.74 Å². The number of nitrogens with one attached hydrogen (secondary N) is 1. The molecular formula is C29H30N4O4S. The topological polar surface area (TPSA) is 96.8 Å². The van der Waals surface area contributed by atoms with Gasteiger partial charge in [0.2, 0.25) is 0 Å². The third-order valence-corrected chi connectivity index (χ3v) is 8.04. The van der Waals surface area contributed by atoms with Gasteiger partial charge in [0.25, 0.3) is 5.91 Å². The van der Waals surface area contributed by atoms with E-state index in [-0.39, 0.29) is 18.1 Å². The van der Waals surface area contributed by atoms with Crippen LogP contribution in [0.25, 0.3) is 21.5 Å². The van der Waals surface area contributed by atoms with Gasteiger partial charge in [0.1, 0.15) is 11.5 Å². The van der Waals surface area contributed by atoms with Crippen molar-refractivity contribution in [1.29, 1.82) is 0 Å². The molecule has 1 aliphatic carbocycles. The van der Waals surface area contributed by atoms with Gasteiger partial charge in [-0.15, -0.1) is 0 Å². The van der Waals surface area contributed by atoms with Gasteiger partial charge in [-0.05, 0) is 43.2 Å². The number of aromatic nitrogens is 2. The monoisotopic (exact) mass is 530 g/mol. The first-order valence-electron chi connectivity index (χ1n) is 13.1. The van der Waals surface area contributed by atoms with Crippen molar-refractivity contribution in [3.05, 3.63) is 66.4 Å². The molecular weight excluding hydrogens is 500 g/mol. The highest BCUT2D eigenvalue weighted by atomic mass is 32.1. The van der Waals surface area contributed by atoms with E-state index >= 15 is 0 Å². The zero-order chi connectivity index (χ0) is 25.9. The van der Waals surface area contributed by atoms with Gasteiger partial charge < -0.3 is 24.8 Å². The predicted molar refractivity (Wildman–Crippen MR) is 148 cm³/mol. The average molecular weight is 531 g/mol. The number of nitrogens with zero attached hydrogens (tertiary/aromatic N) is 3. The molecule has 3 heterocycles. The van der Waals surface area contributed by atoms with E-state index in [4.69, 9.17) is 9.47 Å². The van der Waals surface area contributed by atoms with Gasteiger partial charge in [-0.1, -0.05) is 36.3 Å². The Morgan fingerprint density at radius 1 is 1.03 bits per heavy atom. The van der Waals surface area contributed by atoms with Crippen molar-refractivity contribution in [2.45, 2.75) is 37.8 Å². The van der Waals surface area contributed by atoms with E-state index in [1.54, 1.807) is 17.5 Å². The minimum atomic E-state index is -0.322. The largest absolute Gasteiger partial charge is 0.457 e. The molecule has 1 saturated heterocycles. The molecule has 4 aromatic rings. The van der Waals surface area contributed by atoms with Gasteiger partial charge in [0, 0.05) is 42.5 Å². The fourth-order valence-electron chi connectivity index (χ4n) is 4.97. The molecule has 2 aromatic carbocycles. The lowest BCUT2D eigenvalue weighted by atomic mass is 9.93. The summed E-state index contributed by atoms with van der Waals surface area (Å²) in [6.45, 7) is 2.41. The van der Waals surface area contributed by atoms with Gasteiger partial charge in [-0.3, -0.25) is 9.78 Å². The van der Waals surface area contributed by atoms with E-state index in [2.05, 4.69) is 15.3 Å². The second-order valence-corrected chi connectivity index (χ2v) is 10.7. The van der Waals surface area contributed by atoms with Crippen molar-refractivity contribution in [2.24, 2.45) is 0 Å². The lowest BCUT2D eigenvalue weighted by molar-refractivity contribution is 0.0303. The molecule has 2 N–H and O–H groups in total. The number of rotatable bonds is 6. The van der Waals surface area contributed by atoms with Crippen LogP contribution >= 0.6 is 11.3 Å². The fraction of sp³-hybridized carbons (Fsp3) is 0.345. The number of ether oxygens (including phenoxy) is 2. The van der Waals surface area contributed by atoms with E-state index < -0.39 is 0 Å². The Morgan fingerprint density at radius 2 is 1.82 bits per heavy atom. The van der Waals surface area contributed by atoms with E-state index in [1.807, 2.05) is 59.5 Å². The quantitative estimate of drug-likeness (QED) is 0.347. The number of amides is 1. The number of hydrogen-bond acceptors (Lipinski definition) is 8. The van der Waals surface area contributed by atoms with Crippen molar-refractivity contribution in [1.82, 2.24) is 14.9 Å². The molecule has 1 amide bonds. The summed E-state index contributed by atoms with van der Waals surface area (Å²) in [6, 6.07) is 17.2. The third kappa shape index (κ3) is 5.50. The van der Waals surface area contributed by atoms with Crippen LogP contribution in [0.5, 0.6) is 11.5 Å².